The van der Waals surface area contributed by atoms with Crippen molar-refractivity contribution < 1.29 is 17.6 Å². The molecule has 1 atom stereocenters. The highest BCUT2D eigenvalue weighted by Gasteiger charge is 2.29. The quantitative estimate of drug-likeness (QED) is 0.100. The van der Waals surface area contributed by atoms with Crippen molar-refractivity contribution in [3.8, 4) is 22.3 Å². The lowest BCUT2D eigenvalue weighted by atomic mass is 9.71. The van der Waals surface area contributed by atoms with E-state index >= 15 is 13.2 Å². The zero-order valence-corrected chi connectivity index (χ0v) is 27.7. The molecule has 0 nitrogen and oxygen atoms in total. The van der Waals surface area contributed by atoms with Gasteiger partial charge in [-0.25, -0.2) is 17.6 Å². The van der Waals surface area contributed by atoms with Gasteiger partial charge in [0.05, 0.1) is 0 Å². The molecule has 4 heteroatoms. The van der Waals surface area contributed by atoms with E-state index in [-0.39, 0.29) is 11.1 Å². The second-order valence-electron chi connectivity index (χ2n) is 13.6. The zero-order valence-electron chi connectivity index (χ0n) is 27.7. The Balaban J connectivity index is 1.21. The largest absolute Gasteiger partial charge is 0.203 e. The molecule has 0 aliphatic heterocycles. The summed E-state index contributed by atoms with van der Waals surface area (Å²) in [5, 5.41) is 0. The molecule has 1 unspecified atom stereocenters. The van der Waals surface area contributed by atoms with Gasteiger partial charge in [-0.05, 0) is 105 Å². The van der Waals surface area contributed by atoms with E-state index < -0.39 is 23.3 Å². The van der Waals surface area contributed by atoms with Crippen LogP contribution < -0.4 is 0 Å². The number of rotatable bonds is 13. The summed E-state index contributed by atoms with van der Waals surface area (Å²) in [5.74, 6) is -1.28. The first-order valence-electron chi connectivity index (χ1n) is 17.8. The van der Waals surface area contributed by atoms with E-state index in [0.717, 1.165) is 50.0 Å². The van der Waals surface area contributed by atoms with Crippen LogP contribution in [0.4, 0.5) is 17.6 Å². The molecule has 1 saturated carbocycles. The Morgan fingerprint density at radius 2 is 1.17 bits per heavy atom. The van der Waals surface area contributed by atoms with Crippen LogP contribution in [0.25, 0.3) is 27.8 Å². The number of aryl methyl sites for hydroxylation is 1. The second kappa shape index (κ2) is 16.6. The average Bonchev–Trinajstić information content (AvgIpc) is 3.08. The summed E-state index contributed by atoms with van der Waals surface area (Å²) in [5.41, 5.74) is 2.97. The van der Waals surface area contributed by atoms with Gasteiger partial charge in [-0.3, -0.25) is 0 Å². The van der Waals surface area contributed by atoms with Gasteiger partial charge in [0.15, 0.2) is 23.3 Å². The number of hydrogen-bond acceptors (Lipinski definition) is 0. The van der Waals surface area contributed by atoms with E-state index in [1.165, 1.54) is 51.4 Å². The van der Waals surface area contributed by atoms with Gasteiger partial charge in [0.2, 0.25) is 0 Å². The molecule has 3 aromatic rings. The zero-order chi connectivity index (χ0) is 32.5. The molecule has 2 aliphatic carbocycles. The van der Waals surface area contributed by atoms with Crippen LogP contribution in [0.15, 0.2) is 66.8 Å². The normalized spacial score (nSPS) is 20.3. The van der Waals surface area contributed by atoms with Crippen LogP contribution in [-0.2, 0) is 6.42 Å². The Morgan fingerprint density at radius 3 is 1.78 bits per heavy atom. The third-order valence-electron chi connectivity index (χ3n) is 10.5. The summed E-state index contributed by atoms with van der Waals surface area (Å²) < 4.78 is 60.9. The molecule has 0 bridgehead atoms. The Hall–Kier alpha value is -3.14. The van der Waals surface area contributed by atoms with Crippen molar-refractivity contribution >= 4 is 5.57 Å². The first-order valence-corrected chi connectivity index (χ1v) is 17.8. The predicted octanol–water partition coefficient (Wildman–Crippen LogP) is 13.4. The van der Waals surface area contributed by atoms with Gasteiger partial charge in [-0.15, -0.1) is 0 Å². The molecule has 246 valence electrons. The molecule has 46 heavy (non-hydrogen) atoms. The summed E-state index contributed by atoms with van der Waals surface area (Å²) in [6.45, 7) is 4.28. The highest BCUT2D eigenvalue weighted by molar-refractivity contribution is 5.74. The number of benzene rings is 3. The summed E-state index contributed by atoms with van der Waals surface area (Å²) in [7, 11) is 0. The van der Waals surface area contributed by atoms with Crippen molar-refractivity contribution in [3.63, 3.8) is 0 Å². The standard InChI is InChI=1S/C42H50F4/c1-3-5-6-7-8-9-10-12-35-25-26-36(40(44)39(35)43)33-21-23-34(24-22-33)38-28-27-37(41(45)42(38)46)32-19-17-31(18-20-32)30-15-13-29(11-4-2)14-16-30/h4,11,19,21-31H,3,5-10,12-18,20H2,1-2H3. The van der Waals surface area contributed by atoms with Crippen LogP contribution in [0.1, 0.15) is 115 Å². The predicted molar refractivity (Wildman–Crippen MR) is 184 cm³/mol. The molecule has 2 aliphatic rings. The number of halogens is 4. The minimum Gasteiger partial charge on any atom is -0.203 e. The lowest BCUT2D eigenvalue weighted by Gasteiger charge is -2.35. The van der Waals surface area contributed by atoms with Crippen molar-refractivity contribution in [2.24, 2.45) is 17.8 Å². The monoisotopic (exact) mass is 630 g/mol. The van der Waals surface area contributed by atoms with Crippen LogP contribution >= 0.6 is 0 Å². The van der Waals surface area contributed by atoms with Gasteiger partial charge >= 0.3 is 0 Å². The minimum atomic E-state index is -0.873. The van der Waals surface area contributed by atoms with Crippen molar-refractivity contribution in [1.29, 1.82) is 0 Å². The maximum atomic E-state index is 15.4. The van der Waals surface area contributed by atoms with Crippen molar-refractivity contribution in [2.75, 3.05) is 0 Å². The van der Waals surface area contributed by atoms with Crippen LogP contribution in [0, 0.1) is 41.0 Å². The van der Waals surface area contributed by atoms with Gasteiger partial charge in [0, 0.05) is 16.7 Å². The third kappa shape index (κ3) is 8.22. The molecule has 0 heterocycles. The fraction of sp³-hybridized carbons (Fsp3) is 0.476. The highest BCUT2D eigenvalue weighted by Crippen LogP contribution is 2.42. The molecular formula is C42H50F4. The fourth-order valence-electron chi connectivity index (χ4n) is 7.74. The molecule has 0 aromatic heterocycles. The van der Waals surface area contributed by atoms with Gasteiger partial charge in [0.1, 0.15) is 0 Å². The lowest BCUT2D eigenvalue weighted by Crippen LogP contribution is -2.22. The fourth-order valence-corrected chi connectivity index (χ4v) is 7.74. The molecule has 0 amide bonds. The maximum Gasteiger partial charge on any atom is 0.167 e. The smallest absolute Gasteiger partial charge is 0.167 e. The van der Waals surface area contributed by atoms with E-state index in [4.69, 9.17) is 0 Å². The van der Waals surface area contributed by atoms with E-state index in [2.05, 4.69) is 32.1 Å². The van der Waals surface area contributed by atoms with Crippen molar-refractivity contribution in [3.05, 3.63) is 101 Å². The molecular weight excluding hydrogens is 580 g/mol. The van der Waals surface area contributed by atoms with Gasteiger partial charge in [-0.1, -0.05) is 112 Å². The topological polar surface area (TPSA) is 0 Å². The van der Waals surface area contributed by atoms with Crippen LogP contribution in [0.5, 0.6) is 0 Å². The van der Waals surface area contributed by atoms with E-state index in [1.54, 1.807) is 48.5 Å². The van der Waals surface area contributed by atoms with E-state index in [1.807, 2.05) is 0 Å². The maximum absolute atomic E-state index is 15.4. The molecule has 0 spiro atoms. The summed E-state index contributed by atoms with van der Waals surface area (Å²) in [6.07, 6.45) is 22.7. The summed E-state index contributed by atoms with van der Waals surface area (Å²) in [4.78, 5) is 0. The second-order valence-corrected chi connectivity index (χ2v) is 13.6. The van der Waals surface area contributed by atoms with Gasteiger partial charge in [-0.2, -0.15) is 0 Å². The lowest BCUT2D eigenvalue weighted by molar-refractivity contribution is 0.212. The molecule has 3 aromatic carbocycles. The minimum absolute atomic E-state index is 0.164. The Labute approximate surface area is 274 Å². The van der Waals surface area contributed by atoms with Crippen molar-refractivity contribution in [1.82, 2.24) is 0 Å². The van der Waals surface area contributed by atoms with Gasteiger partial charge in [0.25, 0.3) is 0 Å². The molecule has 0 radical (unpaired) electrons. The number of unbranched alkanes of at least 4 members (excludes halogenated alkanes) is 6. The SMILES string of the molecule is CC=CC1CCC(C2CC=C(c3ccc(-c4ccc(-c5ccc(CCCCCCCCC)c(F)c5F)cc4)c(F)c3F)CC2)CC1. The summed E-state index contributed by atoms with van der Waals surface area (Å²) in [6, 6.07) is 13.2. The number of hydrogen-bond donors (Lipinski definition) is 0. The van der Waals surface area contributed by atoms with Crippen LogP contribution in [0.2, 0.25) is 0 Å². The number of allylic oxidation sites excluding steroid dienone is 4. The third-order valence-corrected chi connectivity index (χ3v) is 10.5. The molecule has 0 N–H and O–H groups in total. The van der Waals surface area contributed by atoms with Crippen molar-refractivity contribution in [2.45, 2.75) is 110 Å². The molecule has 5 rings (SSSR count). The molecule has 0 saturated heterocycles. The first kappa shape index (κ1) is 34.2. The summed E-state index contributed by atoms with van der Waals surface area (Å²) >= 11 is 0. The Bertz CT molecular complexity index is 1490. The Kier molecular flexibility index (Phi) is 12.4. The van der Waals surface area contributed by atoms with Crippen LogP contribution in [-0.4, -0.2) is 0 Å². The van der Waals surface area contributed by atoms with E-state index in [0.29, 0.717) is 40.5 Å². The average molecular weight is 631 g/mol. The first-order chi connectivity index (χ1) is 22.4. The highest BCUT2D eigenvalue weighted by atomic mass is 19.2. The van der Waals surface area contributed by atoms with Gasteiger partial charge < -0.3 is 0 Å². The van der Waals surface area contributed by atoms with Crippen LogP contribution in [0.3, 0.4) is 0 Å². The van der Waals surface area contributed by atoms with E-state index in [9.17, 15) is 4.39 Å². The Morgan fingerprint density at radius 1 is 0.609 bits per heavy atom. The molecule has 1 fully saturated rings.